The molecule has 0 bridgehead atoms. The van der Waals surface area contributed by atoms with Crippen molar-refractivity contribution < 1.29 is 9.59 Å². The van der Waals surface area contributed by atoms with Crippen molar-refractivity contribution in [1.82, 2.24) is 5.32 Å². The van der Waals surface area contributed by atoms with E-state index in [2.05, 4.69) is 5.32 Å². The van der Waals surface area contributed by atoms with E-state index in [1.165, 1.54) is 0 Å². The smallest absolute Gasteiger partial charge is 0.233 e. The second-order valence-electron chi connectivity index (χ2n) is 2.85. The Hall–Kier alpha value is -0.900. The van der Waals surface area contributed by atoms with Crippen molar-refractivity contribution in [3.63, 3.8) is 0 Å². The fourth-order valence-electron chi connectivity index (χ4n) is 0.704. The predicted molar refractivity (Wildman–Crippen MR) is 46.5 cm³/mol. The summed E-state index contributed by atoms with van der Waals surface area (Å²) in [6, 6.07) is 0. The van der Waals surface area contributed by atoms with E-state index in [-0.39, 0.29) is 24.2 Å². The fourth-order valence-corrected chi connectivity index (χ4v) is 0.704. The van der Waals surface area contributed by atoms with Gasteiger partial charge in [-0.25, -0.2) is 0 Å². The zero-order chi connectivity index (χ0) is 9.56. The van der Waals surface area contributed by atoms with Crippen LogP contribution in [0.3, 0.4) is 0 Å². The van der Waals surface area contributed by atoms with Gasteiger partial charge in [-0.15, -0.1) is 0 Å². The summed E-state index contributed by atoms with van der Waals surface area (Å²) in [6.07, 6.45) is 0.682. The number of rotatable bonds is 5. The van der Waals surface area contributed by atoms with Crippen molar-refractivity contribution in [3.05, 3.63) is 0 Å². The van der Waals surface area contributed by atoms with Crippen LogP contribution < -0.4 is 11.1 Å². The van der Waals surface area contributed by atoms with Crippen molar-refractivity contribution in [2.24, 2.45) is 11.7 Å². The van der Waals surface area contributed by atoms with Gasteiger partial charge in [-0.1, -0.05) is 6.92 Å². The monoisotopic (exact) mass is 172 g/mol. The molecule has 0 aliphatic carbocycles. The molecule has 4 heteroatoms. The summed E-state index contributed by atoms with van der Waals surface area (Å²) >= 11 is 0. The minimum atomic E-state index is -0.175. The summed E-state index contributed by atoms with van der Waals surface area (Å²) in [7, 11) is 0. The van der Waals surface area contributed by atoms with Crippen LogP contribution in [0.25, 0.3) is 0 Å². The Labute approximate surface area is 72.5 Å². The largest absolute Gasteiger partial charge is 0.355 e. The normalized spacial score (nSPS) is 12.2. The van der Waals surface area contributed by atoms with Gasteiger partial charge in [-0.3, -0.25) is 9.59 Å². The zero-order valence-corrected chi connectivity index (χ0v) is 7.59. The first-order valence-corrected chi connectivity index (χ1v) is 4.05. The van der Waals surface area contributed by atoms with Crippen LogP contribution in [-0.4, -0.2) is 24.8 Å². The van der Waals surface area contributed by atoms with Gasteiger partial charge in [0.15, 0.2) is 0 Å². The number of carbonyl (C=O) groups excluding carboxylic acids is 2. The molecule has 0 saturated carbocycles. The molecule has 0 aliphatic rings. The maximum absolute atomic E-state index is 10.8. The van der Waals surface area contributed by atoms with Gasteiger partial charge in [0.05, 0.1) is 6.54 Å². The predicted octanol–water partition coefficient (Wildman–Crippen LogP) is -0.323. The van der Waals surface area contributed by atoms with Crippen LogP contribution in [-0.2, 0) is 9.59 Å². The van der Waals surface area contributed by atoms with E-state index in [0.29, 0.717) is 13.0 Å². The SMILES string of the molecule is CC(=O)[C@@H](C)CCNC(=O)CN. The molecule has 0 heterocycles. The maximum Gasteiger partial charge on any atom is 0.233 e. The van der Waals surface area contributed by atoms with Gasteiger partial charge in [-0.05, 0) is 13.3 Å². The van der Waals surface area contributed by atoms with E-state index < -0.39 is 0 Å². The highest BCUT2D eigenvalue weighted by Gasteiger charge is 2.06. The lowest BCUT2D eigenvalue weighted by Gasteiger charge is -2.07. The van der Waals surface area contributed by atoms with Crippen LogP contribution in [0.5, 0.6) is 0 Å². The van der Waals surface area contributed by atoms with E-state index >= 15 is 0 Å². The van der Waals surface area contributed by atoms with E-state index in [1.54, 1.807) is 6.92 Å². The molecule has 0 aromatic carbocycles. The minimum absolute atomic E-state index is 0.00839. The topological polar surface area (TPSA) is 72.2 Å². The lowest BCUT2D eigenvalue weighted by molar-refractivity contribution is -0.122. The van der Waals surface area contributed by atoms with E-state index in [1.807, 2.05) is 6.92 Å². The van der Waals surface area contributed by atoms with Gasteiger partial charge in [0.25, 0.3) is 0 Å². The van der Waals surface area contributed by atoms with E-state index in [9.17, 15) is 9.59 Å². The first-order valence-electron chi connectivity index (χ1n) is 4.05. The second kappa shape index (κ2) is 5.71. The van der Waals surface area contributed by atoms with Crippen molar-refractivity contribution in [2.45, 2.75) is 20.3 Å². The lowest BCUT2D eigenvalue weighted by atomic mass is 10.0. The van der Waals surface area contributed by atoms with Gasteiger partial charge < -0.3 is 11.1 Å². The number of nitrogens with one attached hydrogen (secondary N) is 1. The third kappa shape index (κ3) is 4.85. The highest BCUT2D eigenvalue weighted by atomic mass is 16.1. The molecule has 0 unspecified atom stereocenters. The third-order valence-corrected chi connectivity index (χ3v) is 1.78. The third-order valence-electron chi connectivity index (χ3n) is 1.78. The molecular weight excluding hydrogens is 156 g/mol. The van der Waals surface area contributed by atoms with Crippen LogP contribution in [0, 0.1) is 5.92 Å². The summed E-state index contributed by atoms with van der Waals surface area (Å²) in [5, 5.41) is 2.60. The van der Waals surface area contributed by atoms with E-state index in [0.717, 1.165) is 0 Å². The van der Waals surface area contributed by atoms with Crippen LogP contribution in [0.1, 0.15) is 20.3 Å². The van der Waals surface area contributed by atoms with E-state index in [4.69, 9.17) is 5.73 Å². The van der Waals surface area contributed by atoms with Crippen molar-refractivity contribution >= 4 is 11.7 Å². The molecule has 70 valence electrons. The summed E-state index contributed by atoms with van der Waals surface area (Å²) in [5.74, 6) is -0.00850. The van der Waals surface area contributed by atoms with Crippen molar-refractivity contribution in [3.8, 4) is 0 Å². The van der Waals surface area contributed by atoms with Gasteiger partial charge in [0.2, 0.25) is 5.91 Å². The molecule has 0 spiro atoms. The Bertz CT molecular complexity index is 168. The molecule has 0 aromatic heterocycles. The Morgan fingerprint density at radius 1 is 1.50 bits per heavy atom. The second-order valence-corrected chi connectivity index (χ2v) is 2.85. The Morgan fingerprint density at radius 3 is 2.50 bits per heavy atom. The maximum atomic E-state index is 10.8. The van der Waals surface area contributed by atoms with Crippen LogP contribution >= 0.6 is 0 Å². The highest BCUT2D eigenvalue weighted by molar-refractivity contribution is 5.79. The molecular formula is C8H16N2O2. The van der Waals surface area contributed by atoms with Gasteiger partial charge in [0.1, 0.15) is 5.78 Å². The number of carbonyl (C=O) groups is 2. The van der Waals surface area contributed by atoms with Crippen molar-refractivity contribution in [2.75, 3.05) is 13.1 Å². The molecule has 0 fully saturated rings. The fraction of sp³-hybridized carbons (Fsp3) is 0.750. The molecule has 3 N–H and O–H groups in total. The average molecular weight is 172 g/mol. The van der Waals surface area contributed by atoms with Gasteiger partial charge >= 0.3 is 0 Å². The number of amides is 1. The summed E-state index contributed by atoms with van der Waals surface area (Å²) < 4.78 is 0. The number of hydrogen-bond acceptors (Lipinski definition) is 3. The molecule has 0 radical (unpaired) electrons. The molecule has 0 aliphatic heterocycles. The molecule has 0 saturated heterocycles. The molecule has 12 heavy (non-hydrogen) atoms. The number of ketones is 1. The first kappa shape index (κ1) is 11.1. The zero-order valence-electron chi connectivity index (χ0n) is 7.59. The quantitative estimate of drug-likeness (QED) is 0.596. The van der Waals surface area contributed by atoms with Gasteiger partial charge in [-0.2, -0.15) is 0 Å². The molecule has 1 atom stereocenters. The van der Waals surface area contributed by atoms with Crippen molar-refractivity contribution in [1.29, 1.82) is 0 Å². The Kier molecular flexibility index (Phi) is 5.28. The van der Waals surface area contributed by atoms with Gasteiger partial charge in [0, 0.05) is 12.5 Å². The average Bonchev–Trinajstić information content (AvgIpc) is 2.03. The first-order chi connectivity index (χ1) is 5.57. The lowest BCUT2D eigenvalue weighted by Crippen LogP contribution is -2.32. The molecule has 4 nitrogen and oxygen atoms in total. The minimum Gasteiger partial charge on any atom is -0.355 e. The Morgan fingerprint density at radius 2 is 2.08 bits per heavy atom. The standard InChI is InChI=1S/C8H16N2O2/c1-6(7(2)11)3-4-10-8(12)5-9/h6H,3-5,9H2,1-2H3,(H,10,12)/t6-/m0/s1. The Balaban J connectivity index is 3.43. The van der Waals surface area contributed by atoms with Crippen LogP contribution in [0.15, 0.2) is 0 Å². The summed E-state index contributed by atoms with van der Waals surface area (Å²) in [6.45, 7) is 3.93. The molecule has 1 amide bonds. The van der Waals surface area contributed by atoms with Crippen LogP contribution in [0.4, 0.5) is 0 Å². The number of nitrogens with two attached hydrogens (primary N) is 1. The summed E-state index contributed by atoms with van der Waals surface area (Å²) in [5.41, 5.74) is 5.07. The molecule has 0 aromatic rings. The van der Waals surface area contributed by atoms with Crippen LogP contribution in [0.2, 0.25) is 0 Å². The highest BCUT2D eigenvalue weighted by Crippen LogP contribution is 2.00. The number of Topliss-reactive ketones (excluding diaryl/α,β-unsaturated/α-hetero) is 1. The number of hydrogen-bond donors (Lipinski definition) is 2. The summed E-state index contributed by atoms with van der Waals surface area (Å²) in [4.78, 5) is 21.4. The molecule has 0 rings (SSSR count).